The molecule has 0 aliphatic carbocycles. The second kappa shape index (κ2) is 49.6. The summed E-state index contributed by atoms with van der Waals surface area (Å²) in [6, 6.07) is 17.4. The van der Waals surface area contributed by atoms with Crippen LogP contribution in [0.15, 0.2) is 60.7 Å². The van der Waals surface area contributed by atoms with E-state index in [0.29, 0.717) is 11.5 Å². The largest absolute Gasteiger partial charge is 2.00 e. The van der Waals surface area contributed by atoms with Gasteiger partial charge in [0.05, 0.1) is 0 Å². The van der Waals surface area contributed by atoms with E-state index in [1.165, 1.54) is 167 Å². The monoisotopic (exact) mass is 819 g/mol. The number of para-hydroxylation sites is 2. The molecule has 0 bridgehead atoms. The minimum absolute atomic E-state index is 0. The molecule has 0 saturated heterocycles. The van der Waals surface area contributed by atoms with E-state index in [1.807, 2.05) is 12.1 Å². The van der Waals surface area contributed by atoms with Crippen molar-refractivity contribution in [1.82, 2.24) is 0 Å². The van der Waals surface area contributed by atoms with Gasteiger partial charge < -0.3 is 30.0 Å². The number of phenols is 2. The van der Waals surface area contributed by atoms with Crippen molar-refractivity contribution in [3.05, 3.63) is 60.7 Å². The van der Waals surface area contributed by atoms with Crippen molar-refractivity contribution in [3.8, 4) is 11.5 Å². The average Bonchev–Trinajstić information content (AvgIpc) is 3.16. The molecule has 0 heterocycles. The Hall–Kier alpha value is -2.40. The maximum Gasteiger partial charge on any atom is 2.00 e. The van der Waals surface area contributed by atoms with Gasteiger partial charge in [-0.1, -0.05) is 230 Å². The predicted octanol–water partition coefficient (Wildman–Crippen LogP) is 12.8. The van der Waals surface area contributed by atoms with E-state index in [-0.39, 0.29) is 32.3 Å². The summed E-state index contributed by atoms with van der Waals surface area (Å²) in [6.45, 7) is 4.53. The van der Waals surface area contributed by atoms with Gasteiger partial charge in [0.15, 0.2) is 0 Å². The summed E-state index contributed by atoms with van der Waals surface area (Å²) in [6.07, 6.45) is 39.7. The van der Waals surface area contributed by atoms with Crippen LogP contribution in [0.2, 0.25) is 0 Å². The molecule has 2 aromatic carbocycles. The molecule has 0 spiro atoms. The number of hydrogen-bond donors (Lipinski definition) is 2. The summed E-state index contributed by atoms with van der Waals surface area (Å²) < 4.78 is 0. The molecular formula is C48H82O6Zn. The molecule has 0 aromatic heterocycles. The van der Waals surface area contributed by atoms with Gasteiger partial charge in [0.25, 0.3) is 0 Å². The van der Waals surface area contributed by atoms with Crippen molar-refractivity contribution < 1.29 is 49.5 Å². The van der Waals surface area contributed by atoms with Gasteiger partial charge in [-0.05, 0) is 49.9 Å². The Morgan fingerprint density at radius 1 is 0.364 bits per heavy atom. The van der Waals surface area contributed by atoms with E-state index < -0.39 is 11.9 Å². The minimum atomic E-state index is -0.903. The number of rotatable bonds is 32. The van der Waals surface area contributed by atoms with Crippen molar-refractivity contribution in [3.63, 3.8) is 0 Å². The van der Waals surface area contributed by atoms with E-state index >= 15 is 0 Å². The third-order valence-electron chi connectivity index (χ3n) is 9.48. The fraction of sp³-hybridized carbons (Fsp3) is 0.708. The van der Waals surface area contributed by atoms with Crippen LogP contribution >= 0.6 is 0 Å². The van der Waals surface area contributed by atoms with Crippen molar-refractivity contribution in [1.29, 1.82) is 0 Å². The van der Waals surface area contributed by atoms with Gasteiger partial charge in [-0.25, -0.2) is 0 Å². The van der Waals surface area contributed by atoms with Crippen molar-refractivity contribution in [2.24, 2.45) is 0 Å². The van der Waals surface area contributed by atoms with Gasteiger partial charge in [0.1, 0.15) is 11.5 Å². The van der Waals surface area contributed by atoms with Crippen LogP contribution in [0.3, 0.4) is 0 Å². The Morgan fingerprint density at radius 2 is 0.545 bits per heavy atom. The zero-order chi connectivity index (χ0) is 40.0. The van der Waals surface area contributed by atoms with Crippen LogP contribution in [0.1, 0.15) is 219 Å². The summed E-state index contributed by atoms with van der Waals surface area (Å²) in [5.41, 5.74) is 0. The topological polar surface area (TPSA) is 121 Å². The van der Waals surface area contributed by atoms with E-state index in [2.05, 4.69) is 13.8 Å². The average molecular weight is 821 g/mol. The van der Waals surface area contributed by atoms with E-state index in [0.717, 1.165) is 25.7 Å². The molecule has 6 nitrogen and oxygen atoms in total. The Labute approximate surface area is 351 Å². The molecule has 2 aromatic rings. The molecule has 0 atom stereocenters. The maximum absolute atomic E-state index is 10.2. The Morgan fingerprint density at radius 3 is 0.691 bits per heavy atom. The molecule has 2 rings (SSSR count). The normalized spacial score (nSPS) is 10.1. The number of carboxylic acids is 2. The number of aliphatic carboxylic acids is 2. The van der Waals surface area contributed by atoms with Gasteiger partial charge >= 0.3 is 19.5 Å². The molecule has 0 saturated carbocycles. The zero-order valence-corrected chi connectivity index (χ0v) is 38.6. The molecule has 0 aliphatic heterocycles. The number of carboxylic acid groups (broad SMARTS) is 2. The second-order valence-electron chi connectivity index (χ2n) is 14.8. The van der Waals surface area contributed by atoms with Gasteiger partial charge in [-0.2, -0.15) is 0 Å². The van der Waals surface area contributed by atoms with Crippen LogP contribution in [0.25, 0.3) is 0 Å². The quantitative estimate of drug-likeness (QED) is 0.0560. The van der Waals surface area contributed by atoms with Gasteiger partial charge in [0, 0.05) is 11.9 Å². The van der Waals surface area contributed by atoms with Crippen LogP contribution in [0.4, 0.5) is 0 Å². The van der Waals surface area contributed by atoms with Gasteiger partial charge in [-0.15, -0.1) is 0 Å². The number of benzene rings is 2. The Bertz CT molecular complexity index is 922. The van der Waals surface area contributed by atoms with Gasteiger partial charge in [-0.3, -0.25) is 0 Å². The predicted molar refractivity (Wildman–Crippen MR) is 225 cm³/mol. The first-order chi connectivity index (χ1) is 26.3. The summed E-state index contributed by atoms with van der Waals surface area (Å²) in [7, 11) is 0. The number of phenolic OH excluding ortho intramolecular Hbond substituents is 2. The molecule has 55 heavy (non-hydrogen) atoms. The minimum Gasteiger partial charge on any atom is -0.550 e. The van der Waals surface area contributed by atoms with Crippen molar-refractivity contribution in [2.45, 2.75) is 219 Å². The standard InChI is InChI=1S/2C18H36O2.2C6H6O.Zn/c2*1-2-3-4-5-6-7-8-9-10-11-12-13-14-15-16-17-18(19)20;2*7-6-4-2-1-3-5-6;/h2*2-17H2,1H3,(H,19,20);2*1-5,7H;/q;;;;+2/p-2. The van der Waals surface area contributed by atoms with E-state index in [1.54, 1.807) is 48.5 Å². The Kier molecular flexibility index (Phi) is 51.4. The number of carbonyl (C=O) groups is 2. The molecule has 0 amide bonds. The van der Waals surface area contributed by atoms with Crippen molar-refractivity contribution >= 4 is 11.9 Å². The molecule has 2 N–H and O–H groups in total. The van der Waals surface area contributed by atoms with Gasteiger partial charge in [0.2, 0.25) is 0 Å². The molecule has 0 unspecified atom stereocenters. The number of unbranched alkanes of at least 4 members (excludes halogenated alkanes) is 28. The fourth-order valence-electron chi connectivity index (χ4n) is 6.14. The molecule has 7 heteroatoms. The molecule has 0 radical (unpaired) electrons. The first-order valence-electron chi connectivity index (χ1n) is 22.2. The smallest absolute Gasteiger partial charge is 0.550 e. The van der Waals surface area contributed by atoms with Crippen molar-refractivity contribution in [2.75, 3.05) is 0 Å². The van der Waals surface area contributed by atoms with Crippen LogP contribution < -0.4 is 10.2 Å². The third-order valence-corrected chi connectivity index (χ3v) is 9.48. The van der Waals surface area contributed by atoms with Crippen LogP contribution in [-0.2, 0) is 29.1 Å². The van der Waals surface area contributed by atoms with Crippen LogP contribution in [0.5, 0.6) is 11.5 Å². The summed E-state index contributed by atoms with van der Waals surface area (Å²) in [5.74, 6) is -1.16. The molecule has 0 fully saturated rings. The van der Waals surface area contributed by atoms with E-state index in [9.17, 15) is 19.8 Å². The molecule has 0 aliphatic rings. The first-order valence-corrected chi connectivity index (χ1v) is 22.2. The third kappa shape index (κ3) is 56.0. The molecule has 312 valence electrons. The number of aromatic hydroxyl groups is 2. The summed E-state index contributed by atoms with van der Waals surface area (Å²) in [4.78, 5) is 20.4. The van der Waals surface area contributed by atoms with E-state index in [4.69, 9.17) is 10.2 Å². The number of hydrogen-bond acceptors (Lipinski definition) is 6. The first kappa shape index (κ1) is 56.9. The Balaban J connectivity index is -0.000000716. The number of carbonyl (C=O) groups excluding carboxylic acids is 2. The fourth-order valence-corrected chi connectivity index (χ4v) is 6.14. The summed E-state index contributed by atoms with van der Waals surface area (Å²) in [5, 5.41) is 37.7. The molecular weight excluding hydrogens is 738 g/mol. The SMILES string of the molecule is CCCCCCCCCCCCCCCCCC(=O)[O-].CCCCCCCCCCCCCCCCCC(=O)[O-].Oc1ccccc1.Oc1ccccc1.[Zn+2]. The van der Waals surface area contributed by atoms with Crippen LogP contribution in [-0.4, -0.2) is 22.2 Å². The summed E-state index contributed by atoms with van der Waals surface area (Å²) >= 11 is 0. The zero-order valence-electron chi connectivity index (χ0n) is 35.6. The maximum atomic E-state index is 10.2. The van der Waals surface area contributed by atoms with Crippen LogP contribution in [0, 0.1) is 0 Å². The second-order valence-corrected chi connectivity index (χ2v) is 14.8.